The Morgan fingerprint density at radius 1 is 1.13 bits per heavy atom. The third-order valence-electron chi connectivity index (χ3n) is 3.87. The highest BCUT2D eigenvalue weighted by molar-refractivity contribution is 5.68. The monoisotopic (exact) mass is 314 g/mol. The number of carbonyl (C=O) groups excluding carboxylic acids is 1. The summed E-state index contributed by atoms with van der Waals surface area (Å²) in [6.45, 7) is 0.464. The van der Waals surface area contributed by atoms with Crippen LogP contribution in [-0.2, 0) is 24.3 Å². The predicted octanol–water partition coefficient (Wildman–Crippen LogP) is 3.69. The molecule has 2 aromatic rings. The number of nitrogens with zero attached hydrogens (tertiary/aromatic N) is 1. The first-order valence-corrected chi connectivity index (χ1v) is 7.52. The Labute approximate surface area is 134 Å². The lowest BCUT2D eigenvalue weighted by molar-refractivity contribution is 0.0917. The van der Waals surface area contributed by atoms with Crippen molar-refractivity contribution in [3.05, 3.63) is 65.2 Å². The molecule has 0 fully saturated rings. The molecule has 1 amide bonds. The predicted molar refractivity (Wildman–Crippen MR) is 83.8 cm³/mol. The number of alkyl halides is 1. The van der Waals surface area contributed by atoms with E-state index in [0.717, 1.165) is 23.1 Å². The standard InChI is InChI=1S/C18H18FNO3/c19-13-23-17-7-6-15-8-9-20(11-16(15)10-17)18(21)22-12-14-4-2-1-3-5-14/h1-7,10H,8-9,11-13H2/i19-1. The molecule has 0 atom stereocenters. The number of ether oxygens (including phenoxy) is 2. The van der Waals surface area contributed by atoms with E-state index in [4.69, 9.17) is 9.47 Å². The van der Waals surface area contributed by atoms with Crippen LogP contribution in [0.5, 0.6) is 5.75 Å². The van der Waals surface area contributed by atoms with E-state index in [-0.39, 0.29) is 12.7 Å². The van der Waals surface area contributed by atoms with Crippen LogP contribution in [0.2, 0.25) is 0 Å². The van der Waals surface area contributed by atoms with Crippen LogP contribution in [0, 0.1) is 0 Å². The van der Waals surface area contributed by atoms with Crippen LogP contribution in [-0.4, -0.2) is 24.4 Å². The molecule has 1 aliphatic rings. The van der Waals surface area contributed by atoms with Gasteiger partial charge in [-0.05, 0) is 35.2 Å². The van der Waals surface area contributed by atoms with Crippen LogP contribution in [0.4, 0.5) is 9.18 Å². The molecule has 0 radical (unpaired) electrons. The first kappa shape index (κ1) is 15.3. The van der Waals surface area contributed by atoms with Gasteiger partial charge >= 0.3 is 6.09 Å². The fourth-order valence-electron chi connectivity index (χ4n) is 2.65. The SMILES string of the molecule is O=C(OCc1ccccc1)N1CCc2ccc(OC[18F])cc2C1. The molecule has 120 valence electrons. The van der Waals surface area contributed by atoms with E-state index in [1.807, 2.05) is 36.4 Å². The van der Waals surface area contributed by atoms with Crippen molar-refractivity contribution < 1.29 is 18.7 Å². The lowest BCUT2D eigenvalue weighted by atomic mass is 10.00. The Balaban J connectivity index is 1.61. The zero-order valence-electron chi connectivity index (χ0n) is 12.7. The zero-order chi connectivity index (χ0) is 16.1. The Morgan fingerprint density at radius 2 is 1.96 bits per heavy atom. The lowest BCUT2D eigenvalue weighted by Crippen LogP contribution is -2.36. The molecule has 0 unspecified atom stereocenters. The molecule has 0 saturated heterocycles. The summed E-state index contributed by atoms with van der Waals surface area (Å²) >= 11 is 0. The average molecular weight is 314 g/mol. The molecule has 1 aliphatic heterocycles. The van der Waals surface area contributed by atoms with Gasteiger partial charge in [0.2, 0.25) is 6.86 Å². The molecule has 0 saturated carbocycles. The second kappa shape index (κ2) is 7.13. The van der Waals surface area contributed by atoms with Crippen molar-refractivity contribution in [2.75, 3.05) is 13.4 Å². The van der Waals surface area contributed by atoms with Crippen molar-refractivity contribution in [2.45, 2.75) is 19.6 Å². The van der Waals surface area contributed by atoms with Crippen molar-refractivity contribution in [2.24, 2.45) is 0 Å². The average Bonchev–Trinajstić information content (AvgIpc) is 2.60. The summed E-state index contributed by atoms with van der Waals surface area (Å²) in [6.07, 6.45) is 0.419. The molecular weight excluding hydrogens is 296 g/mol. The molecule has 2 aromatic carbocycles. The third-order valence-corrected chi connectivity index (χ3v) is 3.87. The molecule has 23 heavy (non-hydrogen) atoms. The summed E-state index contributed by atoms with van der Waals surface area (Å²) in [4.78, 5) is 13.9. The normalized spacial score (nSPS) is 13.3. The van der Waals surface area contributed by atoms with E-state index in [1.165, 1.54) is 0 Å². The maximum absolute atomic E-state index is 12.3. The van der Waals surface area contributed by atoms with E-state index >= 15 is 0 Å². The van der Waals surface area contributed by atoms with E-state index in [2.05, 4.69) is 0 Å². The van der Waals surface area contributed by atoms with Gasteiger partial charge in [0.1, 0.15) is 12.4 Å². The summed E-state index contributed by atoms with van der Waals surface area (Å²) in [7, 11) is 0. The number of hydrogen-bond acceptors (Lipinski definition) is 3. The van der Waals surface area contributed by atoms with E-state index in [0.29, 0.717) is 18.8 Å². The number of amides is 1. The molecule has 3 rings (SSSR count). The quantitative estimate of drug-likeness (QED) is 0.864. The van der Waals surface area contributed by atoms with Crippen LogP contribution in [0.25, 0.3) is 0 Å². The van der Waals surface area contributed by atoms with Crippen molar-refractivity contribution in [3.63, 3.8) is 0 Å². The van der Waals surface area contributed by atoms with Gasteiger partial charge in [0.15, 0.2) is 0 Å². The van der Waals surface area contributed by atoms with Crippen molar-refractivity contribution in [1.29, 1.82) is 0 Å². The van der Waals surface area contributed by atoms with Crippen LogP contribution < -0.4 is 4.74 Å². The molecule has 0 aromatic heterocycles. The highest BCUT2D eigenvalue weighted by atomic mass is 18.2. The first-order valence-electron chi connectivity index (χ1n) is 7.52. The maximum atomic E-state index is 12.3. The number of fused-ring (bicyclic) bond motifs is 1. The molecule has 0 N–H and O–H groups in total. The zero-order valence-corrected chi connectivity index (χ0v) is 12.7. The van der Waals surface area contributed by atoms with Gasteiger partial charge in [0.05, 0.1) is 0 Å². The Kier molecular flexibility index (Phi) is 4.76. The largest absolute Gasteiger partial charge is 0.463 e. The minimum absolute atomic E-state index is 0.258. The van der Waals surface area contributed by atoms with E-state index < -0.39 is 6.86 Å². The molecule has 0 aliphatic carbocycles. The van der Waals surface area contributed by atoms with Gasteiger partial charge in [-0.25, -0.2) is 9.18 Å². The van der Waals surface area contributed by atoms with E-state index in [9.17, 15) is 9.18 Å². The van der Waals surface area contributed by atoms with Gasteiger partial charge in [-0.2, -0.15) is 0 Å². The van der Waals surface area contributed by atoms with Crippen LogP contribution in [0.15, 0.2) is 48.5 Å². The number of halogens is 1. The molecule has 4 nitrogen and oxygen atoms in total. The van der Waals surface area contributed by atoms with Gasteiger partial charge in [0, 0.05) is 13.1 Å². The minimum atomic E-state index is -0.860. The Morgan fingerprint density at radius 3 is 2.74 bits per heavy atom. The molecule has 0 bridgehead atoms. The van der Waals surface area contributed by atoms with E-state index in [1.54, 1.807) is 17.0 Å². The molecular formula is C18H18FNO3. The van der Waals surface area contributed by atoms with Crippen molar-refractivity contribution >= 4 is 6.09 Å². The summed E-state index contributed by atoms with van der Waals surface area (Å²) in [5.41, 5.74) is 3.08. The fraction of sp³-hybridized carbons (Fsp3) is 0.278. The van der Waals surface area contributed by atoms with Gasteiger partial charge in [-0.15, -0.1) is 0 Å². The number of benzene rings is 2. The van der Waals surface area contributed by atoms with Gasteiger partial charge in [-0.1, -0.05) is 36.4 Å². The minimum Gasteiger partial charge on any atom is -0.463 e. The van der Waals surface area contributed by atoms with Crippen molar-refractivity contribution in [1.82, 2.24) is 4.90 Å². The van der Waals surface area contributed by atoms with Crippen LogP contribution in [0.1, 0.15) is 16.7 Å². The number of carbonyl (C=O) groups is 1. The maximum Gasteiger partial charge on any atom is 0.410 e. The van der Waals surface area contributed by atoms with Crippen molar-refractivity contribution in [3.8, 4) is 5.75 Å². The smallest absolute Gasteiger partial charge is 0.410 e. The summed E-state index contributed by atoms with van der Waals surface area (Å²) in [5, 5.41) is 0. The lowest BCUT2D eigenvalue weighted by Gasteiger charge is -2.28. The summed E-state index contributed by atoms with van der Waals surface area (Å²) < 4.78 is 22.5. The van der Waals surface area contributed by atoms with Crippen LogP contribution in [0.3, 0.4) is 0 Å². The van der Waals surface area contributed by atoms with Gasteiger partial charge < -0.3 is 14.4 Å². The van der Waals surface area contributed by atoms with Gasteiger partial charge in [0.25, 0.3) is 0 Å². The van der Waals surface area contributed by atoms with Crippen LogP contribution >= 0.6 is 0 Å². The first-order chi connectivity index (χ1) is 11.3. The molecule has 1 heterocycles. The topological polar surface area (TPSA) is 38.8 Å². The fourth-order valence-corrected chi connectivity index (χ4v) is 2.65. The van der Waals surface area contributed by atoms with Gasteiger partial charge in [-0.3, -0.25) is 0 Å². The second-order valence-corrected chi connectivity index (χ2v) is 5.40. The number of rotatable bonds is 4. The molecule has 0 spiro atoms. The number of hydrogen-bond donors (Lipinski definition) is 0. The Hall–Kier alpha value is -2.56. The summed E-state index contributed by atoms with van der Waals surface area (Å²) in [6, 6.07) is 15.0. The summed E-state index contributed by atoms with van der Waals surface area (Å²) in [5.74, 6) is 0.478. The highest BCUT2D eigenvalue weighted by Crippen LogP contribution is 2.24. The Bertz CT molecular complexity index is 675. The second-order valence-electron chi connectivity index (χ2n) is 5.40. The highest BCUT2D eigenvalue weighted by Gasteiger charge is 2.22. The molecule has 5 heteroatoms. The third kappa shape index (κ3) is 3.80.